The van der Waals surface area contributed by atoms with E-state index in [1.165, 1.54) is 64.2 Å². The molecule has 2 saturated heterocycles. The van der Waals surface area contributed by atoms with Crippen LogP contribution in [0.3, 0.4) is 0 Å². The molecule has 2 aliphatic rings. The van der Waals surface area contributed by atoms with Crippen molar-refractivity contribution >= 4 is 11.9 Å². The van der Waals surface area contributed by atoms with Gasteiger partial charge in [0.25, 0.3) is 0 Å². The Morgan fingerprint density at radius 1 is 0.519 bits per heavy atom. The van der Waals surface area contributed by atoms with Crippen LogP contribution in [0.25, 0.3) is 0 Å². The van der Waals surface area contributed by atoms with E-state index in [2.05, 4.69) is 13.8 Å². The summed E-state index contributed by atoms with van der Waals surface area (Å²) in [6.45, 7) is 2.43. The van der Waals surface area contributed by atoms with Gasteiger partial charge in [-0.15, -0.1) is 0 Å². The molecule has 2 rings (SSSR count). The van der Waals surface area contributed by atoms with Crippen molar-refractivity contribution in [1.82, 2.24) is 0 Å². The number of ether oxygens (including phenoxy) is 6. The lowest BCUT2D eigenvalue weighted by Gasteiger charge is -2.42. The molecule has 15 heteroatoms. The molecule has 11 unspecified atom stereocenters. The fraction of sp³-hybridized carbons (Fsp3) is 0.949. The van der Waals surface area contributed by atoms with E-state index in [1.807, 2.05) is 0 Å². The van der Waals surface area contributed by atoms with Gasteiger partial charge in [0.1, 0.15) is 55.4 Å². The molecule has 0 aromatic rings. The highest BCUT2D eigenvalue weighted by Gasteiger charge is 2.47. The van der Waals surface area contributed by atoms with Gasteiger partial charge >= 0.3 is 11.9 Å². The van der Waals surface area contributed by atoms with Gasteiger partial charge in [-0.25, -0.2) is 0 Å². The minimum atomic E-state index is -1.76. The van der Waals surface area contributed by atoms with Crippen molar-refractivity contribution in [3.8, 4) is 0 Å². The molecule has 0 aliphatic carbocycles. The van der Waals surface area contributed by atoms with Gasteiger partial charge in [-0.2, -0.15) is 0 Å². The van der Waals surface area contributed by atoms with Crippen LogP contribution in [-0.2, 0) is 38.0 Å². The molecule has 0 radical (unpaired) electrons. The molecular formula is C39H72O15. The summed E-state index contributed by atoms with van der Waals surface area (Å²) in [7, 11) is 0. The van der Waals surface area contributed by atoms with Crippen molar-refractivity contribution in [2.75, 3.05) is 26.4 Å². The van der Waals surface area contributed by atoms with Gasteiger partial charge in [-0.3, -0.25) is 9.59 Å². The van der Waals surface area contributed by atoms with Gasteiger partial charge in [0, 0.05) is 12.8 Å². The first-order valence-electron chi connectivity index (χ1n) is 20.6. The van der Waals surface area contributed by atoms with Crippen LogP contribution in [0.1, 0.15) is 142 Å². The van der Waals surface area contributed by atoms with Gasteiger partial charge in [-0.1, -0.05) is 117 Å². The number of esters is 2. The van der Waals surface area contributed by atoms with Crippen molar-refractivity contribution in [3.05, 3.63) is 0 Å². The summed E-state index contributed by atoms with van der Waals surface area (Å²) < 4.78 is 33.1. The lowest BCUT2D eigenvalue weighted by molar-refractivity contribution is -0.332. The number of unbranched alkanes of at least 4 members (excludes halogenated alkanes) is 16. The Morgan fingerprint density at radius 3 is 1.46 bits per heavy atom. The molecule has 0 saturated carbocycles. The van der Waals surface area contributed by atoms with Gasteiger partial charge in [0.2, 0.25) is 0 Å². The topological polar surface area (TPSA) is 231 Å². The second kappa shape index (κ2) is 28.8. The number of aliphatic hydroxyl groups is 7. The summed E-state index contributed by atoms with van der Waals surface area (Å²) in [5.41, 5.74) is 0. The second-order valence-electron chi connectivity index (χ2n) is 14.8. The monoisotopic (exact) mass is 780 g/mol. The number of carbonyl (C=O) groups excluding carboxylic acids is 2. The van der Waals surface area contributed by atoms with Crippen LogP contribution in [0.2, 0.25) is 0 Å². The molecular weight excluding hydrogens is 708 g/mol. The predicted molar refractivity (Wildman–Crippen MR) is 197 cm³/mol. The molecule has 7 N–H and O–H groups in total. The highest BCUT2D eigenvalue weighted by molar-refractivity contribution is 5.70. The van der Waals surface area contributed by atoms with Crippen molar-refractivity contribution in [2.45, 2.75) is 210 Å². The third-order valence-electron chi connectivity index (χ3n) is 10.1. The Bertz CT molecular complexity index is 970. The molecule has 0 bridgehead atoms. The number of hydrogen-bond acceptors (Lipinski definition) is 15. The standard InChI is InChI=1S/C39H72O15/c1-3-5-7-9-10-11-12-13-14-15-16-17-18-20-22-31(42)52-27(24-49-30(41)21-19-8-6-4-2)25-50-38-37(48)35(46)33(44)29(54-38)26-51-39-36(47)34(45)32(43)28(23-40)53-39/h27-29,32-40,43-48H,3-26H2,1-2H3. The summed E-state index contributed by atoms with van der Waals surface area (Å²) >= 11 is 0. The van der Waals surface area contributed by atoms with Crippen molar-refractivity contribution in [2.24, 2.45) is 0 Å². The minimum absolute atomic E-state index is 0.171. The fourth-order valence-electron chi connectivity index (χ4n) is 6.57. The van der Waals surface area contributed by atoms with Crippen molar-refractivity contribution in [3.63, 3.8) is 0 Å². The zero-order valence-corrected chi connectivity index (χ0v) is 32.7. The second-order valence-corrected chi connectivity index (χ2v) is 14.8. The quantitative estimate of drug-likeness (QED) is 0.0411. The van der Waals surface area contributed by atoms with Crippen LogP contribution < -0.4 is 0 Å². The number of rotatable bonds is 30. The largest absolute Gasteiger partial charge is 0.462 e. The summed E-state index contributed by atoms with van der Waals surface area (Å²) in [5, 5.41) is 71.4. The molecule has 2 heterocycles. The van der Waals surface area contributed by atoms with Gasteiger partial charge in [0.05, 0.1) is 19.8 Å². The zero-order chi connectivity index (χ0) is 39.7. The zero-order valence-electron chi connectivity index (χ0n) is 32.7. The Labute approximate surface area is 321 Å². The number of hydrogen-bond donors (Lipinski definition) is 7. The van der Waals surface area contributed by atoms with Gasteiger partial charge in [0.15, 0.2) is 18.7 Å². The first-order valence-corrected chi connectivity index (χ1v) is 20.6. The highest BCUT2D eigenvalue weighted by atomic mass is 16.7. The first kappa shape index (κ1) is 48.6. The van der Waals surface area contributed by atoms with E-state index in [0.717, 1.165) is 38.5 Å². The highest BCUT2D eigenvalue weighted by Crippen LogP contribution is 2.26. The summed E-state index contributed by atoms with van der Waals surface area (Å²) in [6.07, 6.45) is 3.75. The molecule has 318 valence electrons. The molecule has 11 atom stereocenters. The Balaban J connectivity index is 1.83. The van der Waals surface area contributed by atoms with E-state index >= 15 is 0 Å². The van der Waals surface area contributed by atoms with Gasteiger partial charge in [-0.05, 0) is 12.8 Å². The van der Waals surface area contributed by atoms with Crippen molar-refractivity contribution in [1.29, 1.82) is 0 Å². The average Bonchev–Trinajstić information content (AvgIpc) is 3.16. The smallest absolute Gasteiger partial charge is 0.306 e. The maximum atomic E-state index is 12.8. The van der Waals surface area contributed by atoms with Crippen LogP contribution in [-0.4, -0.2) is 142 Å². The minimum Gasteiger partial charge on any atom is -0.462 e. The van der Waals surface area contributed by atoms with Gasteiger partial charge < -0.3 is 64.2 Å². The molecule has 54 heavy (non-hydrogen) atoms. The maximum absolute atomic E-state index is 12.8. The molecule has 0 aromatic carbocycles. The summed E-state index contributed by atoms with van der Waals surface area (Å²) in [6, 6.07) is 0. The average molecular weight is 781 g/mol. The van der Waals surface area contributed by atoms with E-state index in [1.54, 1.807) is 0 Å². The first-order chi connectivity index (χ1) is 26.0. The Hall–Kier alpha value is -1.50. The molecule has 0 amide bonds. The summed E-state index contributed by atoms with van der Waals surface area (Å²) in [5.74, 6) is -0.940. The summed E-state index contributed by atoms with van der Waals surface area (Å²) in [4.78, 5) is 25.2. The van der Waals surface area contributed by atoms with E-state index in [0.29, 0.717) is 12.8 Å². The van der Waals surface area contributed by atoms with E-state index in [9.17, 15) is 45.3 Å². The van der Waals surface area contributed by atoms with Crippen LogP contribution in [0.4, 0.5) is 0 Å². The van der Waals surface area contributed by atoms with Crippen LogP contribution in [0.5, 0.6) is 0 Å². The van der Waals surface area contributed by atoms with E-state index in [4.69, 9.17) is 28.4 Å². The SMILES string of the molecule is CCCCCCCCCCCCCCCCC(=O)OC(COC(=O)CCCCCC)COC1OC(COC2OC(CO)C(O)C(O)C2O)C(O)C(O)C1O. The Morgan fingerprint density at radius 2 is 0.944 bits per heavy atom. The predicted octanol–water partition coefficient (Wildman–Crippen LogP) is 2.92. The maximum Gasteiger partial charge on any atom is 0.306 e. The fourth-order valence-corrected chi connectivity index (χ4v) is 6.57. The van der Waals surface area contributed by atoms with Crippen molar-refractivity contribution < 1.29 is 73.8 Å². The van der Waals surface area contributed by atoms with E-state index < -0.39 is 92.7 Å². The number of aliphatic hydroxyl groups excluding tert-OH is 7. The van der Waals surface area contributed by atoms with Crippen LogP contribution in [0, 0.1) is 0 Å². The molecule has 2 aliphatic heterocycles. The molecule has 2 fully saturated rings. The van der Waals surface area contributed by atoms with E-state index in [-0.39, 0.29) is 26.1 Å². The van der Waals surface area contributed by atoms with Crippen LogP contribution >= 0.6 is 0 Å². The third-order valence-corrected chi connectivity index (χ3v) is 10.1. The molecule has 15 nitrogen and oxygen atoms in total. The number of carbonyl (C=O) groups is 2. The Kier molecular flexibility index (Phi) is 26.0. The van der Waals surface area contributed by atoms with Crippen LogP contribution in [0.15, 0.2) is 0 Å². The molecule has 0 aromatic heterocycles. The normalized spacial score (nSPS) is 29.2. The third kappa shape index (κ3) is 18.6. The molecule has 0 spiro atoms. The lowest BCUT2D eigenvalue weighted by atomic mass is 9.98. The lowest BCUT2D eigenvalue weighted by Crippen LogP contribution is -2.61.